The van der Waals surface area contributed by atoms with Gasteiger partial charge in [-0.05, 0) is 45.2 Å². The Labute approximate surface area is 110 Å². The molecule has 1 saturated heterocycles. The summed E-state index contributed by atoms with van der Waals surface area (Å²) in [5.41, 5.74) is 0. The van der Waals surface area contributed by atoms with E-state index in [0.717, 1.165) is 19.5 Å². The Balaban J connectivity index is 2.04. The van der Waals surface area contributed by atoms with Gasteiger partial charge in [0, 0.05) is 13.0 Å². The van der Waals surface area contributed by atoms with E-state index in [-0.39, 0.29) is 12.0 Å². The maximum absolute atomic E-state index is 11.7. The number of carbonyl (C=O) groups is 1. The molecular formula is C14H26N2O2. The van der Waals surface area contributed by atoms with Gasteiger partial charge in [-0.3, -0.25) is 4.79 Å². The molecule has 0 bridgehead atoms. The van der Waals surface area contributed by atoms with Crippen LogP contribution in [0.3, 0.4) is 0 Å². The van der Waals surface area contributed by atoms with E-state index in [1.54, 1.807) is 6.08 Å². The third kappa shape index (κ3) is 6.77. The molecule has 1 aliphatic rings. The lowest BCUT2D eigenvalue weighted by Crippen LogP contribution is -2.34. The SMILES string of the molecule is C=CCOC(C)CNC(=O)CCC1CCCNC1. The first kappa shape index (κ1) is 15.2. The number of amides is 1. The molecule has 0 spiro atoms. The number of hydrogen-bond donors (Lipinski definition) is 2. The summed E-state index contributed by atoms with van der Waals surface area (Å²) in [6.45, 7) is 8.84. The first-order valence-electron chi connectivity index (χ1n) is 6.92. The van der Waals surface area contributed by atoms with Crippen molar-refractivity contribution in [1.82, 2.24) is 10.6 Å². The van der Waals surface area contributed by atoms with Crippen molar-refractivity contribution in [2.75, 3.05) is 26.2 Å². The van der Waals surface area contributed by atoms with Gasteiger partial charge in [0.1, 0.15) is 0 Å². The van der Waals surface area contributed by atoms with E-state index in [1.807, 2.05) is 6.92 Å². The molecule has 104 valence electrons. The van der Waals surface area contributed by atoms with Crippen molar-refractivity contribution < 1.29 is 9.53 Å². The molecule has 2 atom stereocenters. The van der Waals surface area contributed by atoms with Crippen LogP contribution in [0.2, 0.25) is 0 Å². The Morgan fingerprint density at radius 3 is 3.17 bits per heavy atom. The van der Waals surface area contributed by atoms with Crippen LogP contribution in [-0.4, -0.2) is 38.3 Å². The van der Waals surface area contributed by atoms with E-state index >= 15 is 0 Å². The van der Waals surface area contributed by atoms with Gasteiger partial charge < -0.3 is 15.4 Å². The molecule has 1 rings (SSSR count). The van der Waals surface area contributed by atoms with Crippen molar-refractivity contribution in [3.05, 3.63) is 12.7 Å². The molecular weight excluding hydrogens is 228 g/mol. The highest BCUT2D eigenvalue weighted by Gasteiger charge is 2.14. The largest absolute Gasteiger partial charge is 0.373 e. The average Bonchev–Trinajstić information content (AvgIpc) is 2.41. The molecule has 0 radical (unpaired) electrons. The minimum absolute atomic E-state index is 0.0447. The van der Waals surface area contributed by atoms with Crippen LogP contribution < -0.4 is 10.6 Å². The van der Waals surface area contributed by atoms with Crippen molar-refractivity contribution in [2.24, 2.45) is 5.92 Å². The summed E-state index contributed by atoms with van der Waals surface area (Å²) < 4.78 is 5.39. The zero-order valence-electron chi connectivity index (χ0n) is 11.4. The van der Waals surface area contributed by atoms with Crippen LogP contribution in [0.25, 0.3) is 0 Å². The summed E-state index contributed by atoms with van der Waals surface area (Å²) in [7, 11) is 0. The molecule has 1 amide bonds. The number of piperidine rings is 1. The summed E-state index contributed by atoms with van der Waals surface area (Å²) in [5, 5.41) is 6.28. The molecule has 4 nitrogen and oxygen atoms in total. The minimum Gasteiger partial charge on any atom is -0.373 e. The smallest absolute Gasteiger partial charge is 0.220 e. The maximum atomic E-state index is 11.7. The van der Waals surface area contributed by atoms with Gasteiger partial charge in [-0.25, -0.2) is 0 Å². The van der Waals surface area contributed by atoms with Crippen LogP contribution in [0.15, 0.2) is 12.7 Å². The van der Waals surface area contributed by atoms with E-state index < -0.39 is 0 Å². The van der Waals surface area contributed by atoms with E-state index in [2.05, 4.69) is 17.2 Å². The molecule has 4 heteroatoms. The molecule has 0 aromatic carbocycles. The molecule has 2 unspecified atom stereocenters. The van der Waals surface area contributed by atoms with Gasteiger partial charge in [0.05, 0.1) is 12.7 Å². The third-order valence-electron chi connectivity index (χ3n) is 3.26. The molecule has 0 aromatic rings. The van der Waals surface area contributed by atoms with Gasteiger partial charge in [0.2, 0.25) is 5.91 Å². The third-order valence-corrected chi connectivity index (χ3v) is 3.26. The van der Waals surface area contributed by atoms with Crippen LogP contribution in [0.1, 0.15) is 32.6 Å². The van der Waals surface area contributed by atoms with Crippen molar-refractivity contribution in [3.8, 4) is 0 Å². The lowest BCUT2D eigenvalue weighted by molar-refractivity contribution is -0.122. The van der Waals surface area contributed by atoms with E-state index in [0.29, 0.717) is 25.5 Å². The second kappa shape index (κ2) is 9.11. The number of hydrogen-bond acceptors (Lipinski definition) is 3. The number of carbonyl (C=O) groups excluding carboxylic acids is 1. The second-order valence-corrected chi connectivity index (χ2v) is 4.99. The monoisotopic (exact) mass is 254 g/mol. The quantitative estimate of drug-likeness (QED) is 0.645. The maximum Gasteiger partial charge on any atom is 0.220 e. The van der Waals surface area contributed by atoms with Crippen molar-refractivity contribution in [3.63, 3.8) is 0 Å². The lowest BCUT2D eigenvalue weighted by atomic mass is 9.94. The van der Waals surface area contributed by atoms with Crippen LogP contribution in [-0.2, 0) is 9.53 Å². The summed E-state index contributed by atoms with van der Waals surface area (Å²) in [6, 6.07) is 0. The lowest BCUT2D eigenvalue weighted by Gasteiger charge is -2.22. The zero-order valence-corrected chi connectivity index (χ0v) is 11.4. The highest BCUT2D eigenvalue weighted by molar-refractivity contribution is 5.75. The van der Waals surface area contributed by atoms with Gasteiger partial charge in [0.25, 0.3) is 0 Å². The highest BCUT2D eigenvalue weighted by atomic mass is 16.5. The van der Waals surface area contributed by atoms with Crippen molar-refractivity contribution in [1.29, 1.82) is 0 Å². The molecule has 1 heterocycles. The van der Waals surface area contributed by atoms with Gasteiger partial charge in [-0.2, -0.15) is 0 Å². The number of rotatable bonds is 8. The topological polar surface area (TPSA) is 50.4 Å². The Morgan fingerprint density at radius 1 is 1.67 bits per heavy atom. The van der Waals surface area contributed by atoms with Crippen molar-refractivity contribution >= 4 is 5.91 Å². The molecule has 1 aliphatic heterocycles. The summed E-state index contributed by atoms with van der Waals surface area (Å²) in [6.07, 6.45) is 5.86. The first-order chi connectivity index (χ1) is 8.72. The summed E-state index contributed by atoms with van der Waals surface area (Å²) >= 11 is 0. The minimum atomic E-state index is 0.0447. The van der Waals surface area contributed by atoms with Crippen LogP contribution in [0, 0.1) is 5.92 Å². The Bertz CT molecular complexity index is 250. The molecule has 2 N–H and O–H groups in total. The fourth-order valence-corrected chi connectivity index (χ4v) is 2.14. The van der Waals surface area contributed by atoms with Gasteiger partial charge in [-0.15, -0.1) is 6.58 Å². The standard InChI is InChI=1S/C14H26N2O2/c1-3-9-18-12(2)10-16-14(17)7-6-13-5-4-8-15-11-13/h3,12-13,15H,1,4-11H2,2H3,(H,16,17). The predicted octanol–water partition coefficient (Wildman–Crippen LogP) is 1.47. The Morgan fingerprint density at radius 2 is 2.50 bits per heavy atom. The summed E-state index contributed by atoms with van der Waals surface area (Å²) in [4.78, 5) is 11.7. The van der Waals surface area contributed by atoms with Crippen LogP contribution in [0.5, 0.6) is 0 Å². The van der Waals surface area contributed by atoms with Gasteiger partial charge in [0.15, 0.2) is 0 Å². The zero-order chi connectivity index (χ0) is 13.2. The van der Waals surface area contributed by atoms with Gasteiger partial charge in [-0.1, -0.05) is 6.08 Å². The van der Waals surface area contributed by atoms with E-state index in [1.165, 1.54) is 12.8 Å². The van der Waals surface area contributed by atoms with E-state index in [4.69, 9.17) is 4.74 Å². The Hall–Kier alpha value is -0.870. The number of ether oxygens (including phenoxy) is 1. The molecule has 18 heavy (non-hydrogen) atoms. The number of nitrogens with one attached hydrogen (secondary N) is 2. The first-order valence-corrected chi connectivity index (χ1v) is 6.92. The second-order valence-electron chi connectivity index (χ2n) is 4.99. The summed E-state index contributed by atoms with van der Waals surface area (Å²) in [5.74, 6) is 0.800. The fourth-order valence-electron chi connectivity index (χ4n) is 2.14. The van der Waals surface area contributed by atoms with E-state index in [9.17, 15) is 4.79 Å². The molecule has 0 aromatic heterocycles. The highest BCUT2D eigenvalue weighted by Crippen LogP contribution is 2.15. The van der Waals surface area contributed by atoms with Crippen molar-refractivity contribution in [2.45, 2.75) is 38.7 Å². The predicted molar refractivity (Wildman–Crippen MR) is 73.4 cm³/mol. The molecule has 0 saturated carbocycles. The molecule has 1 fully saturated rings. The van der Waals surface area contributed by atoms with Crippen LogP contribution in [0.4, 0.5) is 0 Å². The fraction of sp³-hybridized carbons (Fsp3) is 0.786. The van der Waals surface area contributed by atoms with Gasteiger partial charge >= 0.3 is 0 Å². The molecule has 0 aliphatic carbocycles. The van der Waals surface area contributed by atoms with Crippen LogP contribution >= 0.6 is 0 Å². The Kier molecular flexibility index (Phi) is 7.69. The normalized spacial score (nSPS) is 21.3. The average molecular weight is 254 g/mol.